The number of rotatable bonds is 2. The summed E-state index contributed by atoms with van der Waals surface area (Å²) in [6, 6.07) is 7.47. The van der Waals surface area contributed by atoms with Gasteiger partial charge in [-0.25, -0.2) is 0 Å². The summed E-state index contributed by atoms with van der Waals surface area (Å²) in [5, 5.41) is 8.49. The average Bonchev–Trinajstić information content (AvgIpc) is 2.12. The highest BCUT2D eigenvalue weighted by Crippen LogP contribution is 2.11. The highest BCUT2D eigenvalue weighted by atomic mass is 127. The summed E-state index contributed by atoms with van der Waals surface area (Å²) in [5.41, 5.74) is 0.876. The third-order valence-electron chi connectivity index (χ3n) is 1.30. The number of carbonyl (C=O) groups is 1. The van der Waals surface area contributed by atoms with E-state index < -0.39 is 5.97 Å². The summed E-state index contributed by atoms with van der Waals surface area (Å²) < 4.78 is 1.01. The molecule has 3 heteroatoms. The Morgan fingerprint density at radius 2 is 1.92 bits per heavy atom. The van der Waals surface area contributed by atoms with Crippen molar-refractivity contribution >= 4 is 28.6 Å². The third-order valence-corrected chi connectivity index (χ3v) is 2.35. The zero-order valence-corrected chi connectivity index (χ0v) is 9.91. The van der Waals surface area contributed by atoms with Crippen molar-refractivity contribution in [1.29, 1.82) is 0 Å². The van der Waals surface area contributed by atoms with E-state index in [4.69, 9.17) is 5.11 Å². The average molecular weight is 292 g/mol. The molecule has 0 aliphatic carbocycles. The molecule has 1 aromatic carbocycles. The van der Waals surface area contributed by atoms with Crippen LogP contribution in [0.4, 0.5) is 0 Å². The van der Waals surface area contributed by atoms with Gasteiger partial charge in [0, 0.05) is 3.57 Å². The molecule has 0 bridgehead atoms. The van der Waals surface area contributed by atoms with E-state index in [-0.39, 0.29) is 6.42 Å². The zero-order chi connectivity index (χ0) is 10.3. The molecule has 0 fully saturated rings. The number of halogens is 1. The molecule has 0 saturated carbocycles. The molecule has 0 spiro atoms. The number of benzene rings is 1. The molecule has 0 radical (unpaired) electrons. The fourth-order valence-corrected chi connectivity index (χ4v) is 1.38. The molecule has 0 aliphatic rings. The van der Waals surface area contributed by atoms with Gasteiger partial charge in [-0.1, -0.05) is 32.0 Å². The summed E-state index contributed by atoms with van der Waals surface area (Å²) in [6.45, 7) is 4.00. The Labute approximate surface area is 92.1 Å². The fourth-order valence-electron chi connectivity index (χ4n) is 0.805. The maximum Gasteiger partial charge on any atom is 0.307 e. The number of aliphatic carboxylic acids is 1. The monoisotopic (exact) mass is 292 g/mol. The minimum absolute atomic E-state index is 0.110. The summed E-state index contributed by atoms with van der Waals surface area (Å²) in [7, 11) is 0. The largest absolute Gasteiger partial charge is 0.481 e. The van der Waals surface area contributed by atoms with E-state index in [0.717, 1.165) is 9.13 Å². The van der Waals surface area contributed by atoms with Gasteiger partial charge in [-0.15, -0.1) is 0 Å². The van der Waals surface area contributed by atoms with Gasteiger partial charge in [0.1, 0.15) is 0 Å². The van der Waals surface area contributed by atoms with Crippen molar-refractivity contribution in [2.45, 2.75) is 20.3 Å². The van der Waals surface area contributed by atoms with Gasteiger partial charge in [-0.05, 0) is 34.2 Å². The summed E-state index contributed by atoms with van der Waals surface area (Å²) in [4.78, 5) is 10.3. The first-order chi connectivity index (χ1) is 6.20. The molecule has 0 heterocycles. The van der Waals surface area contributed by atoms with Gasteiger partial charge < -0.3 is 5.11 Å². The lowest BCUT2D eigenvalue weighted by atomic mass is 10.2. The Kier molecular flexibility index (Phi) is 6.58. The molecule has 2 nitrogen and oxygen atoms in total. The quantitative estimate of drug-likeness (QED) is 0.851. The van der Waals surface area contributed by atoms with Gasteiger partial charge >= 0.3 is 5.97 Å². The Bertz CT molecular complexity index is 271. The Hall–Kier alpha value is -0.580. The molecular weight excluding hydrogens is 279 g/mol. The van der Waals surface area contributed by atoms with Crippen molar-refractivity contribution < 1.29 is 9.90 Å². The molecule has 0 atom stereocenters. The van der Waals surface area contributed by atoms with Crippen molar-refractivity contribution in [2.75, 3.05) is 0 Å². The van der Waals surface area contributed by atoms with Crippen molar-refractivity contribution in [3.05, 3.63) is 33.4 Å². The Balaban J connectivity index is 0.000000671. The van der Waals surface area contributed by atoms with Gasteiger partial charge in [0.05, 0.1) is 6.42 Å². The second-order valence-corrected chi connectivity index (χ2v) is 3.32. The number of hydrogen-bond donors (Lipinski definition) is 1. The first kappa shape index (κ1) is 12.4. The molecule has 0 aliphatic heterocycles. The summed E-state index contributed by atoms with van der Waals surface area (Å²) >= 11 is 2.13. The van der Waals surface area contributed by atoms with Gasteiger partial charge in [0.25, 0.3) is 0 Å². The third kappa shape index (κ3) is 4.87. The van der Waals surface area contributed by atoms with Crippen LogP contribution in [0.1, 0.15) is 19.4 Å². The molecule has 0 amide bonds. The predicted molar refractivity (Wildman–Crippen MR) is 61.8 cm³/mol. The normalized spacial score (nSPS) is 8.54. The first-order valence-electron chi connectivity index (χ1n) is 4.15. The first-order valence-corrected chi connectivity index (χ1v) is 5.23. The van der Waals surface area contributed by atoms with Crippen LogP contribution in [0.2, 0.25) is 0 Å². The highest BCUT2D eigenvalue weighted by Gasteiger charge is 2.02. The Morgan fingerprint density at radius 1 is 1.38 bits per heavy atom. The van der Waals surface area contributed by atoms with Crippen LogP contribution in [-0.4, -0.2) is 11.1 Å². The van der Waals surface area contributed by atoms with Crippen LogP contribution < -0.4 is 0 Å². The van der Waals surface area contributed by atoms with Gasteiger partial charge in [0.2, 0.25) is 0 Å². The lowest BCUT2D eigenvalue weighted by Crippen LogP contribution is -2.01. The second-order valence-electron chi connectivity index (χ2n) is 2.16. The van der Waals surface area contributed by atoms with Crippen molar-refractivity contribution in [2.24, 2.45) is 0 Å². The molecule has 72 valence electrons. The number of carboxylic acids is 1. The van der Waals surface area contributed by atoms with Gasteiger partial charge in [-0.2, -0.15) is 0 Å². The number of hydrogen-bond acceptors (Lipinski definition) is 1. The minimum atomic E-state index is -0.783. The van der Waals surface area contributed by atoms with Crippen molar-refractivity contribution in [1.82, 2.24) is 0 Å². The lowest BCUT2D eigenvalue weighted by Gasteiger charge is -1.98. The maximum atomic E-state index is 10.3. The standard InChI is InChI=1S/C8H7IO2.C2H6/c9-7-4-2-1-3-6(7)5-8(10)11;1-2/h1-4H,5H2,(H,10,11);1-2H3. The van der Waals surface area contributed by atoms with E-state index >= 15 is 0 Å². The highest BCUT2D eigenvalue weighted by molar-refractivity contribution is 14.1. The van der Waals surface area contributed by atoms with Crippen LogP contribution in [0, 0.1) is 3.57 Å². The van der Waals surface area contributed by atoms with E-state index in [0.29, 0.717) is 0 Å². The van der Waals surface area contributed by atoms with Crippen molar-refractivity contribution in [3.8, 4) is 0 Å². The molecule has 0 unspecified atom stereocenters. The summed E-state index contributed by atoms with van der Waals surface area (Å²) in [6.07, 6.45) is 0.110. The maximum absolute atomic E-state index is 10.3. The molecular formula is C10H13IO2. The zero-order valence-electron chi connectivity index (χ0n) is 7.75. The van der Waals surface area contributed by atoms with E-state index in [1.165, 1.54) is 0 Å². The van der Waals surface area contributed by atoms with E-state index in [9.17, 15) is 4.79 Å². The second kappa shape index (κ2) is 6.88. The topological polar surface area (TPSA) is 37.3 Å². The fraction of sp³-hybridized carbons (Fsp3) is 0.300. The van der Waals surface area contributed by atoms with E-state index in [1.54, 1.807) is 0 Å². The molecule has 13 heavy (non-hydrogen) atoms. The molecule has 1 N–H and O–H groups in total. The molecule has 0 aromatic heterocycles. The molecule has 1 rings (SSSR count). The van der Waals surface area contributed by atoms with Crippen molar-refractivity contribution in [3.63, 3.8) is 0 Å². The SMILES string of the molecule is CC.O=C(O)Cc1ccccc1I. The van der Waals surface area contributed by atoms with Crippen LogP contribution in [0.3, 0.4) is 0 Å². The minimum Gasteiger partial charge on any atom is -0.481 e. The van der Waals surface area contributed by atoms with Gasteiger partial charge in [-0.3, -0.25) is 4.79 Å². The molecule has 0 saturated heterocycles. The van der Waals surface area contributed by atoms with Crippen LogP contribution in [0.25, 0.3) is 0 Å². The van der Waals surface area contributed by atoms with Crippen LogP contribution >= 0.6 is 22.6 Å². The lowest BCUT2D eigenvalue weighted by molar-refractivity contribution is -0.136. The Morgan fingerprint density at radius 3 is 2.38 bits per heavy atom. The smallest absolute Gasteiger partial charge is 0.307 e. The van der Waals surface area contributed by atoms with Crippen LogP contribution in [0.15, 0.2) is 24.3 Å². The van der Waals surface area contributed by atoms with E-state index in [2.05, 4.69) is 22.6 Å². The molecule has 1 aromatic rings. The van der Waals surface area contributed by atoms with E-state index in [1.807, 2.05) is 38.1 Å². The van der Waals surface area contributed by atoms with Gasteiger partial charge in [0.15, 0.2) is 0 Å². The van der Waals surface area contributed by atoms with Crippen LogP contribution in [-0.2, 0) is 11.2 Å². The predicted octanol–water partition coefficient (Wildman–Crippen LogP) is 2.94. The summed E-state index contributed by atoms with van der Waals surface area (Å²) in [5.74, 6) is -0.783. The van der Waals surface area contributed by atoms with Crippen LogP contribution in [0.5, 0.6) is 0 Å². The number of carboxylic acid groups (broad SMARTS) is 1.